The first kappa shape index (κ1) is 15.1. The highest BCUT2D eigenvalue weighted by atomic mass is 79.9. The molecule has 1 aliphatic heterocycles. The highest BCUT2D eigenvalue weighted by molar-refractivity contribution is 9.11. The Labute approximate surface area is 141 Å². The van der Waals surface area contributed by atoms with Crippen LogP contribution in [-0.2, 0) is 6.42 Å². The molecular formula is C17H16Br2O2. The monoisotopic (exact) mass is 410 g/mol. The molecule has 0 amide bonds. The quantitative estimate of drug-likeness (QED) is 0.752. The highest BCUT2D eigenvalue weighted by Crippen LogP contribution is 2.38. The van der Waals surface area contributed by atoms with Crippen LogP contribution < -0.4 is 4.74 Å². The van der Waals surface area contributed by atoms with Crippen molar-refractivity contribution in [1.29, 1.82) is 0 Å². The van der Waals surface area contributed by atoms with E-state index in [-0.39, 0.29) is 5.60 Å². The molecule has 1 unspecified atom stereocenters. The summed E-state index contributed by atoms with van der Waals surface area (Å²) >= 11 is 6.94. The zero-order valence-corrected chi connectivity index (χ0v) is 15.0. The van der Waals surface area contributed by atoms with Gasteiger partial charge in [-0.25, -0.2) is 0 Å². The second-order valence-electron chi connectivity index (χ2n) is 5.97. The maximum absolute atomic E-state index is 10.6. The van der Waals surface area contributed by atoms with Crippen molar-refractivity contribution in [2.45, 2.75) is 32.0 Å². The summed E-state index contributed by atoms with van der Waals surface area (Å²) < 4.78 is 7.75. The number of aliphatic hydroxyl groups excluding tert-OH is 1. The predicted octanol–water partition coefficient (Wildman–Crippen LogP) is 5.01. The van der Waals surface area contributed by atoms with Crippen molar-refractivity contribution >= 4 is 31.9 Å². The Bertz CT molecular complexity index is 695. The molecule has 0 aliphatic carbocycles. The van der Waals surface area contributed by atoms with Crippen LogP contribution in [0.15, 0.2) is 45.3 Å². The van der Waals surface area contributed by atoms with Gasteiger partial charge in [0.05, 0.1) is 0 Å². The molecule has 1 heterocycles. The number of hydrogen-bond acceptors (Lipinski definition) is 2. The van der Waals surface area contributed by atoms with Crippen LogP contribution in [0.4, 0.5) is 0 Å². The summed E-state index contributed by atoms with van der Waals surface area (Å²) in [6.07, 6.45) is 0.214. The minimum Gasteiger partial charge on any atom is -0.487 e. The van der Waals surface area contributed by atoms with Gasteiger partial charge in [-0.2, -0.15) is 0 Å². The summed E-state index contributed by atoms with van der Waals surface area (Å²) in [5.74, 6) is 0.922. The summed E-state index contributed by atoms with van der Waals surface area (Å²) in [4.78, 5) is 0. The first-order chi connectivity index (χ1) is 9.85. The Hall–Kier alpha value is -0.840. The van der Waals surface area contributed by atoms with E-state index in [0.29, 0.717) is 0 Å². The lowest BCUT2D eigenvalue weighted by Crippen LogP contribution is -2.24. The van der Waals surface area contributed by atoms with Crippen LogP contribution in [0.3, 0.4) is 0 Å². The van der Waals surface area contributed by atoms with Crippen molar-refractivity contribution in [3.8, 4) is 5.75 Å². The highest BCUT2D eigenvalue weighted by Gasteiger charge is 2.30. The average Bonchev–Trinajstić information content (AvgIpc) is 2.70. The van der Waals surface area contributed by atoms with E-state index in [1.165, 1.54) is 0 Å². The maximum Gasteiger partial charge on any atom is 0.123 e. The van der Waals surface area contributed by atoms with E-state index >= 15 is 0 Å². The SMILES string of the molecule is CC1(C)Cc2cc(C(O)c3ccc(Br)cc3Br)ccc2O1. The zero-order chi connectivity index (χ0) is 15.2. The molecule has 0 saturated heterocycles. The van der Waals surface area contributed by atoms with Crippen LogP contribution in [0.1, 0.15) is 36.6 Å². The first-order valence-electron chi connectivity index (χ1n) is 6.80. The van der Waals surface area contributed by atoms with Crippen molar-refractivity contribution in [1.82, 2.24) is 0 Å². The van der Waals surface area contributed by atoms with Crippen LogP contribution in [0, 0.1) is 0 Å². The fourth-order valence-corrected chi connectivity index (χ4v) is 3.97. The van der Waals surface area contributed by atoms with Gasteiger partial charge in [-0.3, -0.25) is 0 Å². The van der Waals surface area contributed by atoms with Gasteiger partial charge in [0.1, 0.15) is 17.5 Å². The lowest BCUT2D eigenvalue weighted by Gasteiger charge is -2.16. The molecule has 1 atom stereocenters. The molecule has 0 aromatic heterocycles. The molecule has 2 nitrogen and oxygen atoms in total. The van der Waals surface area contributed by atoms with Gasteiger partial charge in [0.2, 0.25) is 0 Å². The minimum absolute atomic E-state index is 0.163. The summed E-state index contributed by atoms with van der Waals surface area (Å²) in [5, 5.41) is 10.6. The van der Waals surface area contributed by atoms with Crippen LogP contribution >= 0.6 is 31.9 Å². The van der Waals surface area contributed by atoms with Crippen molar-refractivity contribution < 1.29 is 9.84 Å². The Balaban J connectivity index is 1.95. The fourth-order valence-electron chi connectivity index (χ4n) is 2.70. The number of fused-ring (bicyclic) bond motifs is 1. The summed E-state index contributed by atoms with van der Waals surface area (Å²) in [6.45, 7) is 4.16. The summed E-state index contributed by atoms with van der Waals surface area (Å²) in [6, 6.07) is 11.7. The molecule has 4 heteroatoms. The average molecular weight is 412 g/mol. The zero-order valence-electron chi connectivity index (χ0n) is 11.9. The molecule has 0 radical (unpaired) electrons. The third-order valence-electron chi connectivity index (χ3n) is 3.66. The van der Waals surface area contributed by atoms with Crippen LogP contribution in [0.25, 0.3) is 0 Å². The predicted molar refractivity (Wildman–Crippen MR) is 90.8 cm³/mol. The van der Waals surface area contributed by atoms with E-state index in [9.17, 15) is 5.11 Å². The van der Waals surface area contributed by atoms with Gasteiger partial charge in [0.25, 0.3) is 0 Å². The van der Waals surface area contributed by atoms with Crippen molar-refractivity contribution in [3.05, 3.63) is 62.0 Å². The fraction of sp³-hybridized carbons (Fsp3) is 0.294. The van der Waals surface area contributed by atoms with Gasteiger partial charge in [-0.05, 0) is 54.8 Å². The molecule has 2 aromatic rings. The molecule has 1 aliphatic rings. The number of halogens is 2. The molecule has 0 fully saturated rings. The van der Waals surface area contributed by atoms with Gasteiger partial charge < -0.3 is 9.84 Å². The van der Waals surface area contributed by atoms with Gasteiger partial charge in [-0.15, -0.1) is 0 Å². The number of hydrogen-bond donors (Lipinski definition) is 1. The summed E-state index contributed by atoms with van der Waals surface area (Å²) in [7, 11) is 0. The van der Waals surface area contributed by atoms with Gasteiger partial charge in [0.15, 0.2) is 0 Å². The summed E-state index contributed by atoms with van der Waals surface area (Å²) in [5.41, 5.74) is 2.74. The Morgan fingerprint density at radius 3 is 2.62 bits per heavy atom. The second kappa shape index (κ2) is 5.41. The van der Waals surface area contributed by atoms with Gasteiger partial charge in [-0.1, -0.05) is 44.0 Å². The number of benzene rings is 2. The number of rotatable bonds is 2. The standard InChI is InChI=1S/C17H16Br2O2/c1-17(2)9-11-7-10(3-6-15(11)21-17)16(20)13-5-4-12(18)8-14(13)19/h3-8,16,20H,9H2,1-2H3. The minimum atomic E-state index is -0.651. The second-order valence-corrected chi connectivity index (χ2v) is 7.74. The van der Waals surface area contributed by atoms with Gasteiger partial charge >= 0.3 is 0 Å². The maximum atomic E-state index is 10.6. The molecule has 1 N–H and O–H groups in total. The molecule has 110 valence electrons. The molecule has 0 saturated carbocycles. The van der Waals surface area contributed by atoms with E-state index in [0.717, 1.165) is 37.8 Å². The van der Waals surface area contributed by atoms with Crippen LogP contribution in [0.2, 0.25) is 0 Å². The molecule has 2 aromatic carbocycles. The topological polar surface area (TPSA) is 29.5 Å². The van der Waals surface area contributed by atoms with Crippen molar-refractivity contribution in [2.24, 2.45) is 0 Å². The van der Waals surface area contributed by atoms with E-state index in [1.54, 1.807) is 0 Å². The van der Waals surface area contributed by atoms with Crippen LogP contribution in [0.5, 0.6) is 5.75 Å². The first-order valence-corrected chi connectivity index (χ1v) is 8.39. The molecule has 0 bridgehead atoms. The van der Waals surface area contributed by atoms with Crippen molar-refractivity contribution in [3.63, 3.8) is 0 Å². The molecular weight excluding hydrogens is 396 g/mol. The van der Waals surface area contributed by atoms with Gasteiger partial charge in [0, 0.05) is 15.4 Å². The Morgan fingerprint density at radius 1 is 1.14 bits per heavy atom. The van der Waals surface area contributed by atoms with Crippen molar-refractivity contribution in [2.75, 3.05) is 0 Å². The molecule has 0 spiro atoms. The van der Waals surface area contributed by atoms with E-state index in [4.69, 9.17) is 4.74 Å². The normalized spacial score (nSPS) is 17.2. The largest absolute Gasteiger partial charge is 0.487 e. The smallest absolute Gasteiger partial charge is 0.123 e. The molecule has 21 heavy (non-hydrogen) atoms. The Kier molecular flexibility index (Phi) is 3.89. The van der Waals surface area contributed by atoms with E-state index in [1.807, 2.05) is 36.4 Å². The number of ether oxygens (including phenoxy) is 1. The third kappa shape index (κ3) is 3.03. The third-order valence-corrected chi connectivity index (χ3v) is 4.84. The lowest BCUT2D eigenvalue weighted by atomic mass is 9.96. The number of aliphatic hydroxyl groups is 1. The lowest BCUT2D eigenvalue weighted by molar-refractivity contribution is 0.138. The van der Waals surface area contributed by atoms with E-state index in [2.05, 4.69) is 45.7 Å². The molecule has 3 rings (SSSR count). The van der Waals surface area contributed by atoms with Crippen LogP contribution in [-0.4, -0.2) is 10.7 Å². The Morgan fingerprint density at radius 2 is 1.90 bits per heavy atom. The van der Waals surface area contributed by atoms with E-state index < -0.39 is 6.10 Å².